The van der Waals surface area contributed by atoms with Crippen molar-refractivity contribution in [3.05, 3.63) is 41.1 Å². The molecule has 6 nitrogen and oxygen atoms in total. The summed E-state index contributed by atoms with van der Waals surface area (Å²) in [5, 5.41) is 3.46. The van der Waals surface area contributed by atoms with E-state index in [1.807, 2.05) is 32.9 Å². The van der Waals surface area contributed by atoms with Gasteiger partial charge in [0.15, 0.2) is 9.84 Å². The van der Waals surface area contributed by atoms with E-state index in [2.05, 4.69) is 15.2 Å². The van der Waals surface area contributed by atoms with E-state index in [1.165, 1.54) is 19.1 Å². The summed E-state index contributed by atoms with van der Waals surface area (Å²) >= 11 is 0. The van der Waals surface area contributed by atoms with Crippen LogP contribution in [0.3, 0.4) is 0 Å². The summed E-state index contributed by atoms with van der Waals surface area (Å²) in [5.41, 5.74) is 3.02. The molecule has 1 unspecified atom stereocenters. The monoisotopic (exact) mass is 374 g/mol. The summed E-state index contributed by atoms with van der Waals surface area (Å²) in [6, 6.07) is 6.99. The molecule has 1 aromatic carbocycles. The standard InChI is InChI=1S/C19H26N4O2S/c1-13-14(2)21-19(23-11-5-6-12-23)22-18(13)20-15(3)16-7-9-17(10-8-16)26(4,24)25/h7-10,15H,5-6,11-12H2,1-4H3,(H,20,21,22). The fourth-order valence-electron chi connectivity index (χ4n) is 3.11. The number of aromatic nitrogens is 2. The molecular formula is C19H26N4O2S. The zero-order valence-corrected chi connectivity index (χ0v) is 16.6. The maximum Gasteiger partial charge on any atom is 0.227 e. The molecule has 1 atom stereocenters. The van der Waals surface area contributed by atoms with Crippen LogP contribution in [-0.2, 0) is 9.84 Å². The molecule has 1 aromatic heterocycles. The van der Waals surface area contributed by atoms with Gasteiger partial charge in [0.25, 0.3) is 0 Å². The Morgan fingerprint density at radius 2 is 1.69 bits per heavy atom. The third-order valence-electron chi connectivity index (χ3n) is 4.93. The molecule has 1 aliphatic rings. The molecule has 0 amide bonds. The maximum absolute atomic E-state index is 11.6. The van der Waals surface area contributed by atoms with Crippen molar-refractivity contribution in [1.29, 1.82) is 0 Å². The van der Waals surface area contributed by atoms with Crippen molar-refractivity contribution >= 4 is 21.6 Å². The molecule has 7 heteroatoms. The van der Waals surface area contributed by atoms with Crippen LogP contribution in [0.25, 0.3) is 0 Å². The second-order valence-electron chi connectivity index (χ2n) is 6.98. The summed E-state index contributed by atoms with van der Waals surface area (Å²) in [6.07, 6.45) is 3.58. The topological polar surface area (TPSA) is 75.2 Å². The maximum atomic E-state index is 11.6. The number of anilines is 2. The third-order valence-corrected chi connectivity index (χ3v) is 6.06. The Labute approximate surface area is 155 Å². The second-order valence-corrected chi connectivity index (χ2v) is 9.00. The van der Waals surface area contributed by atoms with Crippen molar-refractivity contribution < 1.29 is 8.42 Å². The molecule has 0 saturated carbocycles. The highest BCUT2D eigenvalue weighted by atomic mass is 32.2. The van der Waals surface area contributed by atoms with Gasteiger partial charge >= 0.3 is 0 Å². The highest BCUT2D eigenvalue weighted by molar-refractivity contribution is 7.90. The molecule has 1 fully saturated rings. The fourth-order valence-corrected chi connectivity index (χ4v) is 3.74. The SMILES string of the molecule is Cc1nc(N2CCCC2)nc(NC(C)c2ccc(S(C)(=O)=O)cc2)c1C. The number of aryl methyl sites for hydroxylation is 1. The normalized spacial score (nSPS) is 15.9. The van der Waals surface area contributed by atoms with E-state index in [4.69, 9.17) is 4.98 Å². The summed E-state index contributed by atoms with van der Waals surface area (Å²) in [5.74, 6) is 1.62. The Balaban J connectivity index is 1.83. The predicted molar refractivity (Wildman–Crippen MR) is 105 cm³/mol. The second kappa shape index (κ2) is 7.23. The summed E-state index contributed by atoms with van der Waals surface area (Å²) in [6.45, 7) is 8.08. The third kappa shape index (κ3) is 3.98. The first kappa shape index (κ1) is 18.6. The lowest BCUT2D eigenvalue weighted by atomic mass is 10.1. The van der Waals surface area contributed by atoms with Gasteiger partial charge in [-0.1, -0.05) is 12.1 Å². The van der Waals surface area contributed by atoms with E-state index in [9.17, 15) is 8.42 Å². The van der Waals surface area contributed by atoms with Crippen LogP contribution in [0, 0.1) is 13.8 Å². The van der Waals surface area contributed by atoms with Crippen LogP contribution < -0.4 is 10.2 Å². The molecule has 3 rings (SSSR count). The number of hydrogen-bond acceptors (Lipinski definition) is 6. The number of nitrogens with one attached hydrogen (secondary N) is 1. The van der Waals surface area contributed by atoms with Crippen molar-refractivity contribution in [3.63, 3.8) is 0 Å². The zero-order chi connectivity index (χ0) is 18.9. The Hall–Kier alpha value is -2.15. The van der Waals surface area contributed by atoms with Crippen molar-refractivity contribution in [2.24, 2.45) is 0 Å². The molecule has 0 spiro atoms. The Bertz CT molecular complexity index is 889. The van der Waals surface area contributed by atoms with E-state index in [1.54, 1.807) is 12.1 Å². The van der Waals surface area contributed by atoms with Crippen LogP contribution >= 0.6 is 0 Å². The largest absolute Gasteiger partial charge is 0.363 e. The summed E-state index contributed by atoms with van der Waals surface area (Å²) in [7, 11) is -3.18. The number of nitrogens with zero attached hydrogens (tertiary/aromatic N) is 3. The van der Waals surface area contributed by atoms with Crippen molar-refractivity contribution in [2.45, 2.75) is 44.6 Å². The Morgan fingerprint density at radius 3 is 2.27 bits per heavy atom. The molecule has 26 heavy (non-hydrogen) atoms. The average molecular weight is 375 g/mol. The molecular weight excluding hydrogens is 348 g/mol. The molecule has 1 aliphatic heterocycles. The van der Waals surface area contributed by atoms with Gasteiger partial charge in [-0.25, -0.2) is 13.4 Å². The van der Waals surface area contributed by atoms with E-state index in [0.717, 1.165) is 41.7 Å². The van der Waals surface area contributed by atoms with Crippen LogP contribution in [0.4, 0.5) is 11.8 Å². The molecule has 0 bridgehead atoms. The molecule has 2 heterocycles. The van der Waals surface area contributed by atoms with Crippen LogP contribution in [0.1, 0.15) is 42.6 Å². The first-order chi connectivity index (χ1) is 12.3. The Morgan fingerprint density at radius 1 is 1.08 bits per heavy atom. The van der Waals surface area contributed by atoms with Crippen molar-refractivity contribution in [2.75, 3.05) is 29.6 Å². The van der Waals surface area contributed by atoms with Gasteiger partial charge in [0.1, 0.15) is 5.82 Å². The average Bonchev–Trinajstić information content (AvgIpc) is 3.12. The van der Waals surface area contributed by atoms with Gasteiger partial charge in [0.2, 0.25) is 5.95 Å². The molecule has 1 N–H and O–H groups in total. The van der Waals surface area contributed by atoms with Crippen LogP contribution in [0.2, 0.25) is 0 Å². The van der Waals surface area contributed by atoms with Crippen LogP contribution in [0.15, 0.2) is 29.2 Å². The lowest BCUT2D eigenvalue weighted by Gasteiger charge is -2.21. The molecule has 140 valence electrons. The zero-order valence-electron chi connectivity index (χ0n) is 15.8. The number of sulfone groups is 1. The fraction of sp³-hybridized carbons (Fsp3) is 0.474. The van der Waals surface area contributed by atoms with Crippen molar-refractivity contribution in [3.8, 4) is 0 Å². The quantitative estimate of drug-likeness (QED) is 0.866. The number of rotatable bonds is 5. The van der Waals surface area contributed by atoms with E-state index in [0.29, 0.717) is 4.90 Å². The lowest BCUT2D eigenvalue weighted by Crippen LogP contribution is -2.22. The van der Waals surface area contributed by atoms with Gasteiger partial charge in [-0.05, 0) is 51.3 Å². The highest BCUT2D eigenvalue weighted by Gasteiger charge is 2.18. The van der Waals surface area contributed by atoms with E-state index >= 15 is 0 Å². The number of hydrogen-bond donors (Lipinski definition) is 1. The highest BCUT2D eigenvalue weighted by Crippen LogP contribution is 2.26. The van der Waals surface area contributed by atoms with Crippen LogP contribution in [-0.4, -0.2) is 37.7 Å². The van der Waals surface area contributed by atoms with Gasteiger partial charge in [0.05, 0.1) is 4.90 Å². The number of benzene rings is 1. The van der Waals surface area contributed by atoms with Gasteiger partial charge < -0.3 is 10.2 Å². The van der Waals surface area contributed by atoms with Gasteiger partial charge in [-0.3, -0.25) is 0 Å². The predicted octanol–water partition coefficient (Wildman–Crippen LogP) is 3.27. The first-order valence-electron chi connectivity index (χ1n) is 8.92. The Kier molecular flexibility index (Phi) is 5.18. The molecule has 0 aliphatic carbocycles. The van der Waals surface area contributed by atoms with Gasteiger partial charge in [-0.15, -0.1) is 0 Å². The lowest BCUT2D eigenvalue weighted by molar-refractivity contribution is 0.602. The van der Waals surface area contributed by atoms with E-state index in [-0.39, 0.29) is 6.04 Å². The van der Waals surface area contributed by atoms with Crippen molar-refractivity contribution in [1.82, 2.24) is 9.97 Å². The molecule has 0 radical (unpaired) electrons. The summed E-state index contributed by atoms with van der Waals surface area (Å²) in [4.78, 5) is 11.9. The minimum absolute atomic E-state index is 0.00281. The first-order valence-corrected chi connectivity index (χ1v) is 10.8. The summed E-state index contributed by atoms with van der Waals surface area (Å²) < 4.78 is 23.2. The molecule has 1 saturated heterocycles. The van der Waals surface area contributed by atoms with E-state index < -0.39 is 9.84 Å². The van der Waals surface area contributed by atoms with Crippen LogP contribution in [0.5, 0.6) is 0 Å². The smallest absolute Gasteiger partial charge is 0.227 e. The molecule has 2 aromatic rings. The minimum Gasteiger partial charge on any atom is -0.363 e. The van der Waals surface area contributed by atoms with Gasteiger partial charge in [-0.2, -0.15) is 4.98 Å². The van der Waals surface area contributed by atoms with Gasteiger partial charge in [0, 0.05) is 36.6 Å². The minimum atomic E-state index is -3.18.